The van der Waals surface area contributed by atoms with Gasteiger partial charge < -0.3 is 23.7 Å². The van der Waals surface area contributed by atoms with Gasteiger partial charge in [-0.05, 0) is 36.8 Å². The first-order valence-electron chi connectivity index (χ1n) is 9.98. The first kappa shape index (κ1) is 24.1. The van der Waals surface area contributed by atoms with Crippen LogP contribution < -0.4 is 4.74 Å². The van der Waals surface area contributed by atoms with Gasteiger partial charge in [-0.3, -0.25) is 0 Å². The van der Waals surface area contributed by atoms with Crippen molar-refractivity contribution >= 4 is 11.9 Å². The van der Waals surface area contributed by atoms with Gasteiger partial charge in [0.15, 0.2) is 0 Å². The quantitative estimate of drug-likeness (QED) is 0.258. The summed E-state index contributed by atoms with van der Waals surface area (Å²) in [5, 5.41) is 0. The molecule has 0 fully saturated rings. The van der Waals surface area contributed by atoms with Crippen LogP contribution in [0.2, 0.25) is 0 Å². The van der Waals surface area contributed by atoms with Crippen LogP contribution in [0.3, 0.4) is 0 Å². The maximum absolute atomic E-state index is 12.1. The van der Waals surface area contributed by atoms with Gasteiger partial charge in [0.2, 0.25) is 0 Å². The third kappa shape index (κ3) is 9.93. The van der Waals surface area contributed by atoms with E-state index in [2.05, 4.69) is 6.58 Å². The molecule has 2 rings (SSSR count). The predicted octanol–water partition coefficient (Wildman–Crippen LogP) is 3.57. The Kier molecular flexibility index (Phi) is 10.9. The summed E-state index contributed by atoms with van der Waals surface area (Å²) in [6.07, 6.45) is 0. The van der Waals surface area contributed by atoms with Crippen molar-refractivity contribution < 1.29 is 33.3 Å². The van der Waals surface area contributed by atoms with Crippen LogP contribution >= 0.6 is 0 Å². The molecule has 0 saturated heterocycles. The largest absolute Gasteiger partial charge is 0.491 e. The van der Waals surface area contributed by atoms with Crippen molar-refractivity contribution in [2.24, 2.45) is 0 Å². The lowest BCUT2D eigenvalue weighted by Gasteiger charge is -2.09. The molecule has 0 aromatic heterocycles. The van der Waals surface area contributed by atoms with Crippen LogP contribution in [0.5, 0.6) is 5.75 Å². The number of carbonyl (C=O) groups excluding carboxylic acids is 2. The van der Waals surface area contributed by atoms with E-state index in [1.54, 1.807) is 31.2 Å². The normalized spacial score (nSPS) is 10.4. The number of rotatable bonds is 14. The molecule has 0 amide bonds. The van der Waals surface area contributed by atoms with Crippen LogP contribution in [0.1, 0.15) is 22.8 Å². The van der Waals surface area contributed by atoms with Crippen molar-refractivity contribution in [3.63, 3.8) is 0 Å². The van der Waals surface area contributed by atoms with Crippen molar-refractivity contribution in [2.75, 3.05) is 39.6 Å². The Morgan fingerprint density at radius 3 is 2.03 bits per heavy atom. The molecule has 0 saturated carbocycles. The van der Waals surface area contributed by atoms with E-state index in [9.17, 15) is 9.59 Å². The summed E-state index contributed by atoms with van der Waals surface area (Å²) in [5.41, 5.74) is 1.76. The van der Waals surface area contributed by atoms with Crippen molar-refractivity contribution in [1.82, 2.24) is 0 Å². The Bertz CT molecular complexity index is 816. The summed E-state index contributed by atoms with van der Waals surface area (Å²) in [5.74, 6) is -0.166. The highest BCUT2D eigenvalue weighted by Gasteiger charge is 2.07. The lowest BCUT2D eigenvalue weighted by Crippen LogP contribution is -2.14. The number of ether oxygens (including phenoxy) is 5. The zero-order chi connectivity index (χ0) is 22.3. The first-order chi connectivity index (χ1) is 15.1. The predicted molar refractivity (Wildman–Crippen MR) is 115 cm³/mol. The third-order valence-corrected chi connectivity index (χ3v) is 3.98. The zero-order valence-corrected chi connectivity index (χ0v) is 17.7. The molecule has 0 unspecified atom stereocenters. The molecule has 0 N–H and O–H groups in total. The smallest absolute Gasteiger partial charge is 0.338 e. The van der Waals surface area contributed by atoms with Crippen LogP contribution in [0.4, 0.5) is 0 Å². The lowest BCUT2D eigenvalue weighted by atomic mass is 10.2. The molecule has 0 spiro atoms. The molecule has 0 atom stereocenters. The number of benzene rings is 2. The van der Waals surface area contributed by atoms with E-state index in [-0.39, 0.29) is 19.2 Å². The highest BCUT2D eigenvalue weighted by Crippen LogP contribution is 2.13. The molecule has 166 valence electrons. The van der Waals surface area contributed by atoms with Crippen LogP contribution in [-0.2, 0) is 30.3 Å². The number of esters is 2. The van der Waals surface area contributed by atoms with E-state index in [1.165, 1.54) is 0 Å². The highest BCUT2D eigenvalue weighted by atomic mass is 16.6. The fourth-order valence-corrected chi connectivity index (χ4v) is 2.35. The average Bonchev–Trinajstić information content (AvgIpc) is 2.79. The maximum atomic E-state index is 12.1. The van der Waals surface area contributed by atoms with Gasteiger partial charge in [0.25, 0.3) is 0 Å². The number of carbonyl (C=O) groups is 2. The molecule has 0 bridgehead atoms. The van der Waals surface area contributed by atoms with Gasteiger partial charge in [-0.15, -0.1) is 0 Å². The van der Waals surface area contributed by atoms with Gasteiger partial charge in [0.1, 0.15) is 25.6 Å². The summed E-state index contributed by atoms with van der Waals surface area (Å²) in [7, 11) is 0. The van der Waals surface area contributed by atoms with Crippen LogP contribution in [0, 0.1) is 0 Å². The topological polar surface area (TPSA) is 80.3 Å². The van der Waals surface area contributed by atoms with E-state index >= 15 is 0 Å². The Morgan fingerprint density at radius 1 is 0.774 bits per heavy atom. The highest BCUT2D eigenvalue weighted by molar-refractivity contribution is 5.89. The third-order valence-electron chi connectivity index (χ3n) is 3.98. The second-order valence-electron chi connectivity index (χ2n) is 6.58. The summed E-state index contributed by atoms with van der Waals surface area (Å²) < 4.78 is 26.5. The van der Waals surface area contributed by atoms with E-state index in [0.717, 1.165) is 5.56 Å². The van der Waals surface area contributed by atoms with Crippen molar-refractivity contribution in [1.29, 1.82) is 0 Å². The van der Waals surface area contributed by atoms with E-state index in [0.29, 0.717) is 49.9 Å². The van der Waals surface area contributed by atoms with Crippen LogP contribution in [-0.4, -0.2) is 51.6 Å². The second kappa shape index (κ2) is 14.0. The van der Waals surface area contributed by atoms with Crippen molar-refractivity contribution in [2.45, 2.75) is 13.5 Å². The fourth-order valence-electron chi connectivity index (χ4n) is 2.35. The molecule has 0 aliphatic carbocycles. The van der Waals surface area contributed by atoms with E-state index in [4.69, 9.17) is 23.7 Å². The Hall–Kier alpha value is -3.16. The van der Waals surface area contributed by atoms with Gasteiger partial charge in [-0.25, -0.2) is 9.59 Å². The van der Waals surface area contributed by atoms with Crippen LogP contribution in [0.15, 0.2) is 66.7 Å². The van der Waals surface area contributed by atoms with Gasteiger partial charge in [-0.2, -0.15) is 0 Å². The fraction of sp³-hybridized carbons (Fsp3) is 0.333. The van der Waals surface area contributed by atoms with Crippen molar-refractivity contribution in [3.8, 4) is 5.75 Å². The lowest BCUT2D eigenvalue weighted by molar-refractivity contribution is -0.140. The minimum Gasteiger partial charge on any atom is -0.491 e. The molecule has 7 heteroatoms. The Balaban J connectivity index is 1.51. The Morgan fingerprint density at radius 2 is 1.39 bits per heavy atom. The van der Waals surface area contributed by atoms with E-state index in [1.807, 2.05) is 30.3 Å². The standard InChI is InChI=1S/C24H28O7/c1-19(2)23(25)30-17-15-28-13-12-27-14-16-29-22-10-8-21(9-11-22)24(26)31-18-20-6-4-3-5-7-20/h3-11H,1,12-18H2,2H3. The summed E-state index contributed by atoms with van der Waals surface area (Å²) >= 11 is 0. The molecule has 31 heavy (non-hydrogen) atoms. The molecular formula is C24H28O7. The minimum absolute atomic E-state index is 0.185. The monoisotopic (exact) mass is 428 g/mol. The maximum Gasteiger partial charge on any atom is 0.338 e. The molecule has 2 aromatic carbocycles. The average molecular weight is 428 g/mol. The van der Waals surface area contributed by atoms with Crippen molar-refractivity contribution in [3.05, 3.63) is 77.9 Å². The Labute approximate surface area is 182 Å². The first-order valence-corrected chi connectivity index (χ1v) is 9.98. The van der Waals surface area contributed by atoms with Gasteiger partial charge in [-0.1, -0.05) is 36.9 Å². The summed E-state index contributed by atoms with van der Waals surface area (Å²) in [6.45, 7) is 7.38. The van der Waals surface area contributed by atoms with Gasteiger partial charge in [0.05, 0.1) is 32.0 Å². The molecule has 7 nitrogen and oxygen atoms in total. The van der Waals surface area contributed by atoms with Gasteiger partial charge >= 0.3 is 11.9 Å². The van der Waals surface area contributed by atoms with Gasteiger partial charge in [0, 0.05) is 5.57 Å². The molecule has 0 aliphatic rings. The molecule has 0 aliphatic heterocycles. The van der Waals surface area contributed by atoms with E-state index < -0.39 is 5.97 Å². The molecule has 0 heterocycles. The summed E-state index contributed by atoms with van der Waals surface area (Å²) in [4.78, 5) is 23.3. The molecular weight excluding hydrogens is 400 g/mol. The molecule has 2 aromatic rings. The SMILES string of the molecule is C=C(C)C(=O)OCCOCCOCCOc1ccc(C(=O)OCc2ccccc2)cc1. The van der Waals surface area contributed by atoms with Crippen LogP contribution in [0.25, 0.3) is 0 Å². The molecule has 0 radical (unpaired) electrons. The summed E-state index contributed by atoms with van der Waals surface area (Å²) in [6, 6.07) is 16.3. The number of hydrogen-bond acceptors (Lipinski definition) is 7. The second-order valence-corrected chi connectivity index (χ2v) is 6.58. The number of hydrogen-bond donors (Lipinski definition) is 0. The zero-order valence-electron chi connectivity index (χ0n) is 17.7. The minimum atomic E-state index is -0.422.